The van der Waals surface area contributed by atoms with Crippen LogP contribution in [0.3, 0.4) is 0 Å². The van der Waals surface area contributed by atoms with Gasteiger partial charge in [0.1, 0.15) is 0 Å². The van der Waals surface area contributed by atoms with Gasteiger partial charge in [-0.1, -0.05) is 37.3 Å². The van der Waals surface area contributed by atoms with Gasteiger partial charge < -0.3 is 14.7 Å². The zero-order valence-electron chi connectivity index (χ0n) is 11.2. The van der Waals surface area contributed by atoms with E-state index in [9.17, 15) is 5.11 Å². The smallest absolute Gasteiger partial charge is 0.0827 e. The standard InChI is InChI=1S/C15H23NO2/c1-12(10-16(2)14-8-9-18-11-14)15(17)13-6-4-3-5-7-13/h3-7,12,14-15,17H,8-11H2,1-2H3. The average Bonchev–Trinajstić information content (AvgIpc) is 2.92. The minimum absolute atomic E-state index is 0.220. The fourth-order valence-electron chi connectivity index (χ4n) is 2.55. The molecule has 1 aliphatic rings. The molecule has 0 spiro atoms. The number of aliphatic hydroxyl groups is 1. The largest absolute Gasteiger partial charge is 0.388 e. The quantitative estimate of drug-likeness (QED) is 0.867. The number of likely N-dealkylation sites (N-methyl/N-ethyl adjacent to an activating group) is 1. The summed E-state index contributed by atoms with van der Waals surface area (Å²) in [7, 11) is 2.12. The highest BCUT2D eigenvalue weighted by atomic mass is 16.5. The Kier molecular flexibility index (Phi) is 4.75. The van der Waals surface area contributed by atoms with Gasteiger partial charge in [0.05, 0.1) is 12.7 Å². The second-order valence-electron chi connectivity index (χ2n) is 5.29. The lowest BCUT2D eigenvalue weighted by Gasteiger charge is -2.28. The van der Waals surface area contributed by atoms with Crippen molar-refractivity contribution in [3.05, 3.63) is 35.9 Å². The van der Waals surface area contributed by atoms with Crippen LogP contribution in [0.1, 0.15) is 25.0 Å². The Hall–Kier alpha value is -0.900. The van der Waals surface area contributed by atoms with Crippen LogP contribution in [-0.2, 0) is 4.74 Å². The number of hydrogen-bond acceptors (Lipinski definition) is 3. The zero-order chi connectivity index (χ0) is 13.0. The average molecular weight is 249 g/mol. The van der Waals surface area contributed by atoms with E-state index >= 15 is 0 Å². The molecule has 0 bridgehead atoms. The van der Waals surface area contributed by atoms with Crippen LogP contribution in [0.4, 0.5) is 0 Å². The van der Waals surface area contributed by atoms with Crippen LogP contribution >= 0.6 is 0 Å². The lowest BCUT2D eigenvalue weighted by molar-refractivity contribution is 0.0792. The lowest BCUT2D eigenvalue weighted by Crippen LogP contribution is -2.36. The second-order valence-corrected chi connectivity index (χ2v) is 5.29. The molecule has 3 unspecified atom stereocenters. The summed E-state index contributed by atoms with van der Waals surface area (Å²) in [4.78, 5) is 2.31. The summed E-state index contributed by atoms with van der Waals surface area (Å²) >= 11 is 0. The highest BCUT2D eigenvalue weighted by molar-refractivity contribution is 5.17. The molecule has 0 aromatic heterocycles. The van der Waals surface area contributed by atoms with E-state index in [1.165, 1.54) is 0 Å². The Morgan fingerprint density at radius 2 is 2.11 bits per heavy atom. The van der Waals surface area contributed by atoms with Gasteiger partial charge in [-0.2, -0.15) is 0 Å². The first-order valence-corrected chi connectivity index (χ1v) is 6.69. The molecular weight excluding hydrogens is 226 g/mol. The van der Waals surface area contributed by atoms with Crippen molar-refractivity contribution in [1.82, 2.24) is 4.90 Å². The van der Waals surface area contributed by atoms with Crippen molar-refractivity contribution in [1.29, 1.82) is 0 Å². The molecule has 1 aromatic rings. The molecule has 1 aromatic carbocycles. The van der Waals surface area contributed by atoms with Crippen LogP contribution in [-0.4, -0.2) is 42.9 Å². The maximum Gasteiger partial charge on any atom is 0.0827 e. The third-order valence-corrected chi connectivity index (χ3v) is 3.79. The Balaban J connectivity index is 1.88. The molecule has 3 nitrogen and oxygen atoms in total. The molecule has 0 aliphatic carbocycles. The number of aliphatic hydroxyl groups excluding tert-OH is 1. The van der Waals surface area contributed by atoms with E-state index < -0.39 is 6.10 Å². The fraction of sp³-hybridized carbons (Fsp3) is 0.600. The first kappa shape index (κ1) is 13.5. The molecule has 1 fully saturated rings. The van der Waals surface area contributed by atoms with E-state index in [0.717, 1.165) is 31.7 Å². The Labute approximate surface area is 109 Å². The predicted octanol–water partition coefficient (Wildman–Crippen LogP) is 2.08. The van der Waals surface area contributed by atoms with Crippen molar-refractivity contribution < 1.29 is 9.84 Å². The molecule has 1 heterocycles. The van der Waals surface area contributed by atoms with Gasteiger partial charge in [0.15, 0.2) is 0 Å². The summed E-state index contributed by atoms with van der Waals surface area (Å²) in [6, 6.07) is 10.4. The molecule has 1 saturated heterocycles. The molecule has 18 heavy (non-hydrogen) atoms. The van der Waals surface area contributed by atoms with Gasteiger partial charge in [-0.25, -0.2) is 0 Å². The Morgan fingerprint density at radius 3 is 2.72 bits per heavy atom. The maximum atomic E-state index is 10.3. The summed E-state index contributed by atoms with van der Waals surface area (Å²) in [5.41, 5.74) is 1.00. The van der Waals surface area contributed by atoms with Gasteiger partial charge in [0, 0.05) is 19.2 Å². The maximum absolute atomic E-state index is 10.3. The Morgan fingerprint density at radius 1 is 1.39 bits per heavy atom. The number of rotatable bonds is 5. The minimum Gasteiger partial charge on any atom is -0.388 e. The number of hydrogen-bond donors (Lipinski definition) is 1. The normalized spacial score (nSPS) is 23.2. The third kappa shape index (κ3) is 3.31. The molecule has 100 valence electrons. The van der Waals surface area contributed by atoms with Crippen LogP contribution in [0, 0.1) is 5.92 Å². The summed E-state index contributed by atoms with van der Waals surface area (Å²) < 4.78 is 5.40. The van der Waals surface area contributed by atoms with Crippen molar-refractivity contribution in [2.75, 3.05) is 26.8 Å². The summed E-state index contributed by atoms with van der Waals surface area (Å²) in [5.74, 6) is 0.220. The van der Waals surface area contributed by atoms with Crippen LogP contribution in [0.25, 0.3) is 0 Å². The van der Waals surface area contributed by atoms with Crippen molar-refractivity contribution in [2.45, 2.75) is 25.5 Å². The topological polar surface area (TPSA) is 32.7 Å². The van der Waals surface area contributed by atoms with Gasteiger partial charge in [-0.05, 0) is 24.9 Å². The van der Waals surface area contributed by atoms with Crippen molar-refractivity contribution in [2.24, 2.45) is 5.92 Å². The van der Waals surface area contributed by atoms with E-state index in [1.807, 2.05) is 30.3 Å². The fourth-order valence-corrected chi connectivity index (χ4v) is 2.55. The minimum atomic E-state index is -0.393. The number of benzene rings is 1. The van der Waals surface area contributed by atoms with Gasteiger partial charge in [-0.3, -0.25) is 0 Å². The monoisotopic (exact) mass is 249 g/mol. The van der Waals surface area contributed by atoms with Gasteiger partial charge in [0.2, 0.25) is 0 Å². The molecule has 2 rings (SSSR count). The number of nitrogens with zero attached hydrogens (tertiary/aromatic N) is 1. The van der Waals surface area contributed by atoms with Crippen molar-refractivity contribution in [3.63, 3.8) is 0 Å². The highest BCUT2D eigenvalue weighted by Gasteiger charge is 2.24. The SMILES string of the molecule is CC(CN(C)C1CCOC1)C(O)c1ccccc1. The molecule has 0 saturated carbocycles. The van der Waals surface area contributed by atoms with E-state index in [-0.39, 0.29) is 5.92 Å². The van der Waals surface area contributed by atoms with Crippen LogP contribution in [0.5, 0.6) is 0 Å². The Bertz CT molecular complexity index is 349. The highest BCUT2D eigenvalue weighted by Crippen LogP contribution is 2.23. The summed E-state index contributed by atoms with van der Waals surface area (Å²) in [6.45, 7) is 4.68. The lowest BCUT2D eigenvalue weighted by atomic mass is 9.96. The van der Waals surface area contributed by atoms with E-state index in [4.69, 9.17) is 4.74 Å². The molecular formula is C15H23NO2. The van der Waals surface area contributed by atoms with Gasteiger partial charge in [-0.15, -0.1) is 0 Å². The summed E-state index contributed by atoms with van der Waals surface area (Å²) in [5, 5.41) is 10.3. The number of ether oxygens (including phenoxy) is 1. The van der Waals surface area contributed by atoms with Crippen LogP contribution < -0.4 is 0 Å². The van der Waals surface area contributed by atoms with Gasteiger partial charge >= 0.3 is 0 Å². The second kappa shape index (κ2) is 6.32. The molecule has 3 atom stereocenters. The van der Waals surface area contributed by atoms with Crippen molar-refractivity contribution >= 4 is 0 Å². The molecule has 3 heteroatoms. The molecule has 1 aliphatic heterocycles. The molecule has 1 N–H and O–H groups in total. The summed E-state index contributed by atoms with van der Waals surface area (Å²) in [6.07, 6.45) is 0.709. The van der Waals surface area contributed by atoms with E-state index in [2.05, 4.69) is 18.9 Å². The van der Waals surface area contributed by atoms with E-state index in [1.54, 1.807) is 0 Å². The molecule has 0 radical (unpaired) electrons. The molecule has 0 amide bonds. The van der Waals surface area contributed by atoms with E-state index in [0.29, 0.717) is 6.04 Å². The van der Waals surface area contributed by atoms with Gasteiger partial charge in [0.25, 0.3) is 0 Å². The zero-order valence-corrected chi connectivity index (χ0v) is 11.2. The third-order valence-electron chi connectivity index (χ3n) is 3.79. The van der Waals surface area contributed by atoms with Crippen LogP contribution in [0.15, 0.2) is 30.3 Å². The van der Waals surface area contributed by atoms with Crippen molar-refractivity contribution in [3.8, 4) is 0 Å². The van der Waals surface area contributed by atoms with Crippen LogP contribution in [0.2, 0.25) is 0 Å². The predicted molar refractivity (Wildman–Crippen MR) is 72.4 cm³/mol. The first-order valence-electron chi connectivity index (χ1n) is 6.69. The first-order chi connectivity index (χ1) is 8.68.